The van der Waals surface area contributed by atoms with Crippen molar-refractivity contribution in [3.05, 3.63) is 87.4 Å². The molecule has 0 atom stereocenters. The number of nitrogens with zero attached hydrogens (tertiary/aromatic N) is 2. The molecule has 0 saturated heterocycles. The molecule has 3 aromatic rings. The Hall–Kier alpha value is -2.55. The predicted molar refractivity (Wildman–Crippen MR) is 121 cm³/mol. The average Bonchev–Trinajstić information content (AvgIpc) is 3.51. The fraction of sp³-hybridized carbons (Fsp3) is 0.292. The van der Waals surface area contributed by atoms with Crippen molar-refractivity contribution in [2.24, 2.45) is 0 Å². The van der Waals surface area contributed by atoms with Crippen molar-refractivity contribution < 1.29 is 17.6 Å². The Morgan fingerprint density at radius 2 is 1.88 bits per heavy atom. The topological polar surface area (TPSA) is 57.7 Å². The molecule has 2 aromatic carbocycles. The van der Waals surface area contributed by atoms with Gasteiger partial charge in [0.2, 0.25) is 10.0 Å². The van der Waals surface area contributed by atoms with Crippen LogP contribution in [0.15, 0.2) is 64.9 Å². The van der Waals surface area contributed by atoms with Crippen LogP contribution in [0.4, 0.5) is 4.39 Å². The Labute approximate surface area is 191 Å². The van der Waals surface area contributed by atoms with E-state index in [4.69, 9.17) is 0 Å². The maximum absolute atomic E-state index is 13.7. The smallest absolute Gasteiger partial charge is 0.265 e. The molecule has 166 valence electrons. The lowest BCUT2D eigenvalue weighted by molar-refractivity contribution is 0.0731. The highest BCUT2D eigenvalue weighted by atomic mass is 32.2. The van der Waals surface area contributed by atoms with Gasteiger partial charge in [-0.3, -0.25) is 4.79 Å². The zero-order valence-electron chi connectivity index (χ0n) is 17.4. The number of thiophene rings is 1. The SMILES string of the molecule is O=C(c1sccc1S(=O)(=O)N1CCc2ccccc2C1)N(Cc1cccc(F)c1)C1CC1. The van der Waals surface area contributed by atoms with Crippen molar-refractivity contribution in [3.63, 3.8) is 0 Å². The first kappa shape index (κ1) is 21.3. The van der Waals surface area contributed by atoms with E-state index in [1.54, 1.807) is 22.4 Å². The van der Waals surface area contributed by atoms with Crippen LogP contribution in [0.1, 0.15) is 39.2 Å². The van der Waals surface area contributed by atoms with Gasteiger partial charge in [-0.05, 0) is 59.5 Å². The van der Waals surface area contributed by atoms with Gasteiger partial charge in [0.1, 0.15) is 15.6 Å². The van der Waals surface area contributed by atoms with Crippen LogP contribution < -0.4 is 0 Å². The quantitative estimate of drug-likeness (QED) is 0.535. The first-order valence-corrected chi connectivity index (χ1v) is 13.0. The van der Waals surface area contributed by atoms with Crippen LogP contribution in [0.25, 0.3) is 0 Å². The number of amides is 1. The van der Waals surface area contributed by atoms with Gasteiger partial charge < -0.3 is 4.90 Å². The second-order valence-electron chi connectivity index (χ2n) is 8.27. The van der Waals surface area contributed by atoms with Crippen molar-refractivity contribution >= 4 is 27.3 Å². The molecular weight excluding hydrogens is 447 g/mol. The van der Waals surface area contributed by atoms with Crippen LogP contribution in [0.3, 0.4) is 0 Å². The first-order chi connectivity index (χ1) is 15.4. The molecule has 5 nitrogen and oxygen atoms in total. The molecule has 1 aromatic heterocycles. The second kappa shape index (κ2) is 8.42. The van der Waals surface area contributed by atoms with Gasteiger partial charge in [0, 0.05) is 25.7 Å². The number of fused-ring (bicyclic) bond motifs is 1. The van der Waals surface area contributed by atoms with E-state index in [9.17, 15) is 17.6 Å². The van der Waals surface area contributed by atoms with E-state index < -0.39 is 10.0 Å². The minimum Gasteiger partial charge on any atom is -0.331 e. The van der Waals surface area contributed by atoms with Gasteiger partial charge in [0.25, 0.3) is 5.91 Å². The molecule has 5 rings (SSSR count). The van der Waals surface area contributed by atoms with Crippen molar-refractivity contribution in [1.82, 2.24) is 9.21 Å². The van der Waals surface area contributed by atoms with Crippen molar-refractivity contribution in [2.45, 2.75) is 43.3 Å². The van der Waals surface area contributed by atoms with Gasteiger partial charge in [0.15, 0.2) is 0 Å². The molecule has 1 aliphatic carbocycles. The molecule has 0 unspecified atom stereocenters. The van der Waals surface area contributed by atoms with Gasteiger partial charge in [-0.15, -0.1) is 11.3 Å². The summed E-state index contributed by atoms with van der Waals surface area (Å²) in [6, 6.07) is 15.6. The maximum Gasteiger partial charge on any atom is 0.265 e. The Morgan fingerprint density at radius 3 is 2.62 bits per heavy atom. The number of sulfonamides is 1. The number of hydrogen-bond donors (Lipinski definition) is 0. The van der Waals surface area contributed by atoms with Crippen LogP contribution in [-0.2, 0) is 29.5 Å². The normalized spacial score (nSPS) is 16.5. The Kier molecular flexibility index (Phi) is 5.61. The minimum atomic E-state index is -3.82. The minimum absolute atomic E-state index is 0.0604. The summed E-state index contributed by atoms with van der Waals surface area (Å²) in [4.78, 5) is 15.5. The third-order valence-corrected chi connectivity index (χ3v) is 8.95. The van der Waals surface area contributed by atoms with Crippen LogP contribution in [0.2, 0.25) is 0 Å². The molecule has 1 amide bonds. The molecule has 32 heavy (non-hydrogen) atoms. The number of hydrogen-bond acceptors (Lipinski definition) is 4. The van der Waals surface area contributed by atoms with Gasteiger partial charge >= 0.3 is 0 Å². The summed E-state index contributed by atoms with van der Waals surface area (Å²) < 4.78 is 42.1. The Balaban J connectivity index is 1.42. The highest BCUT2D eigenvalue weighted by Crippen LogP contribution is 2.34. The van der Waals surface area contributed by atoms with Crippen LogP contribution in [0.5, 0.6) is 0 Å². The van der Waals surface area contributed by atoms with E-state index in [0.29, 0.717) is 25.1 Å². The van der Waals surface area contributed by atoms with E-state index in [1.807, 2.05) is 24.3 Å². The van der Waals surface area contributed by atoms with Gasteiger partial charge in [-0.2, -0.15) is 4.31 Å². The summed E-state index contributed by atoms with van der Waals surface area (Å²) in [6.45, 7) is 0.950. The van der Waals surface area contributed by atoms with E-state index in [0.717, 1.165) is 35.3 Å². The van der Waals surface area contributed by atoms with Crippen molar-refractivity contribution in [2.75, 3.05) is 6.54 Å². The third kappa shape index (κ3) is 4.10. The lowest BCUT2D eigenvalue weighted by Gasteiger charge is -2.28. The number of carbonyl (C=O) groups excluding carboxylic acids is 1. The lowest BCUT2D eigenvalue weighted by Crippen LogP contribution is -2.37. The molecule has 1 saturated carbocycles. The van der Waals surface area contributed by atoms with E-state index in [-0.39, 0.29) is 34.1 Å². The molecule has 2 heterocycles. The molecule has 0 bridgehead atoms. The second-order valence-corrected chi connectivity index (χ2v) is 11.1. The highest BCUT2D eigenvalue weighted by molar-refractivity contribution is 7.89. The zero-order chi connectivity index (χ0) is 22.3. The summed E-state index contributed by atoms with van der Waals surface area (Å²) >= 11 is 1.15. The highest BCUT2D eigenvalue weighted by Gasteiger charge is 2.38. The molecule has 1 aliphatic heterocycles. The molecule has 0 N–H and O–H groups in total. The summed E-state index contributed by atoms with van der Waals surface area (Å²) in [5, 5.41) is 1.66. The van der Waals surface area contributed by atoms with Crippen LogP contribution in [-0.4, -0.2) is 36.1 Å². The van der Waals surface area contributed by atoms with Gasteiger partial charge in [0.05, 0.1) is 0 Å². The van der Waals surface area contributed by atoms with E-state index in [2.05, 4.69) is 0 Å². The molecule has 0 spiro atoms. The lowest BCUT2D eigenvalue weighted by atomic mass is 10.0. The average molecular weight is 471 g/mol. The molecular formula is C24H23FN2O3S2. The van der Waals surface area contributed by atoms with Crippen molar-refractivity contribution in [3.8, 4) is 0 Å². The summed E-state index contributed by atoms with van der Waals surface area (Å²) in [7, 11) is -3.82. The number of carbonyl (C=O) groups is 1. The largest absolute Gasteiger partial charge is 0.331 e. The number of benzene rings is 2. The van der Waals surface area contributed by atoms with E-state index in [1.165, 1.54) is 22.5 Å². The number of halogens is 1. The maximum atomic E-state index is 13.7. The Morgan fingerprint density at radius 1 is 1.09 bits per heavy atom. The fourth-order valence-corrected chi connectivity index (χ4v) is 6.96. The fourth-order valence-electron chi connectivity index (χ4n) is 4.19. The van der Waals surface area contributed by atoms with Crippen LogP contribution >= 0.6 is 11.3 Å². The van der Waals surface area contributed by atoms with Gasteiger partial charge in [-0.1, -0.05) is 36.4 Å². The van der Waals surface area contributed by atoms with Crippen molar-refractivity contribution in [1.29, 1.82) is 0 Å². The Bertz CT molecular complexity index is 1270. The molecule has 2 aliphatic rings. The third-order valence-electron chi connectivity index (χ3n) is 6.03. The first-order valence-electron chi connectivity index (χ1n) is 10.6. The summed E-state index contributed by atoms with van der Waals surface area (Å²) in [5.74, 6) is -0.654. The predicted octanol–water partition coefficient (Wildman–Crippen LogP) is 4.44. The van der Waals surface area contributed by atoms with Gasteiger partial charge in [-0.25, -0.2) is 12.8 Å². The molecule has 0 radical (unpaired) electrons. The van der Waals surface area contributed by atoms with Crippen LogP contribution in [0, 0.1) is 5.82 Å². The van der Waals surface area contributed by atoms with E-state index >= 15 is 0 Å². The zero-order valence-corrected chi connectivity index (χ0v) is 19.0. The monoisotopic (exact) mass is 470 g/mol. The summed E-state index contributed by atoms with van der Waals surface area (Å²) in [5.41, 5.74) is 2.85. The molecule has 8 heteroatoms. The number of rotatable bonds is 6. The summed E-state index contributed by atoms with van der Waals surface area (Å²) in [6.07, 6.45) is 2.39. The standard InChI is InChI=1S/C24H23FN2O3S2/c25-20-7-3-4-17(14-20)15-27(21-8-9-21)24(28)23-22(11-13-31-23)32(29,30)26-12-10-18-5-1-2-6-19(18)16-26/h1-7,11,13-14,21H,8-10,12,15-16H2. The molecule has 1 fully saturated rings.